The predicted molar refractivity (Wildman–Crippen MR) is 102 cm³/mol. The van der Waals surface area contributed by atoms with Crippen LogP contribution >= 0.6 is 13.5 Å². The molecule has 172 valence electrons. The molecule has 1 aromatic heterocycles. The van der Waals surface area contributed by atoms with Crippen molar-refractivity contribution in [2.75, 3.05) is 10.8 Å². The number of hydrogen-bond acceptors (Lipinski definition) is 7. The van der Waals surface area contributed by atoms with Crippen molar-refractivity contribution < 1.29 is 36.3 Å². The van der Waals surface area contributed by atoms with Crippen molar-refractivity contribution in [3.05, 3.63) is 11.7 Å². The van der Waals surface area contributed by atoms with Gasteiger partial charge in [0.1, 0.15) is 11.9 Å². The van der Waals surface area contributed by atoms with Crippen molar-refractivity contribution in [1.82, 2.24) is 15.0 Å². The van der Waals surface area contributed by atoms with Crippen LogP contribution in [0.3, 0.4) is 0 Å². The van der Waals surface area contributed by atoms with E-state index < -0.39 is 65.9 Å². The summed E-state index contributed by atoms with van der Waals surface area (Å²) < 4.78 is 79.8. The quantitative estimate of drug-likeness (QED) is 0.450. The third-order valence-corrected chi connectivity index (χ3v) is 3.83. The Morgan fingerprint density at radius 3 is 2.23 bits per heavy atom. The Morgan fingerprint density at radius 2 is 1.70 bits per heavy atom. The normalized spacial score (nSPS) is 20.4. The Morgan fingerprint density at radius 1 is 1.13 bits per heavy atom. The molecule has 7 nitrogen and oxygen atoms in total. The zero-order valence-electron chi connectivity index (χ0n) is 16.5. The molecular formula is C16H23F6N5O2S. The fourth-order valence-corrected chi connectivity index (χ4v) is 2.21. The lowest BCUT2D eigenvalue weighted by molar-refractivity contribution is -0.138. The van der Waals surface area contributed by atoms with Gasteiger partial charge in [-0.15, -0.1) is 0 Å². The molecule has 0 fully saturated rings. The second-order valence-electron chi connectivity index (χ2n) is 7.52. The summed E-state index contributed by atoms with van der Waals surface area (Å²) in [6.07, 6.45) is -8.74. The molecule has 1 heterocycles. The van der Waals surface area contributed by atoms with Crippen LogP contribution in [-0.4, -0.2) is 49.9 Å². The number of aliphatic hydroxyl groups is 1. The van der Waals surface area contributed by atoms with E-state index in [0.29, 0.717) is 0 Å². The first kappa shape index (κ1) is 26.2. The minimum atomic E-state index is -4.63. The van der Waals surface area contributed by atoms with Gasteiger partial charge >= 0.3 is 6.18 Å². The van der Waals surface area contributed by atoms with Crippen molar-refractivity contribution in [2.24, 2.45) is 0 Å². The van der Waals surface area contributed by atoms with Crippen molar-refractivity contribution >= 4 is 31.0 Å². The highest BCUT2D eigenvalue weighted by Gasteiger charge is 2.46. The molecule has 0 bridgehead atoms. The van der Waals surface area contributed by atoms with E-state index in [9.17, 15) is 31.4 Å². The van der Waals surface area contributed by atoms with Gasteiger partial charge in [0.15, 0.2) is 11.9 Å². The summed E-state index contributed by atoms with van der Waals surface area (Å²) in [6, 6.07) is -2.06. The summed E-state index contributed by atoms with van der Waals surface area (Å²) in [5, 5.41) is 11.5. The maximum absolute atomic E-state index is 14.3. The summed E-state index contributed by atoms with van der Waals surface area (Å²) in [5.41, 5.74) is 1.13. The molecule has 1 aliphatic rings. The largest absolute Gasteiger partial charge is 0.408 e. The Bertz CT molecular complexity index is 784. The summed E-state index contributed by atoms with van der Waals surface area (Å²) in [7, 11) is 0. The van der Waals surface area contributed by atoms with Crippen LogP contribution in [0.2, 0.25) is 0 Å². The lowest BCUT2D eigenvalue weighted by Crippen LogP contribution is -2.37. The molecule has 1 aliphatic carbocycles. The minimum Gasteiger partial charge on any atom is -0.380 e. The van der Waals surface area contributed by atoms with E-state index in [0.717, 1.165) is 6.92 Å². The SMILES string of the molecule is CC(Nc1nc(NOC(C)(C)C)nc(C2=C(F)C(O)C(F)(F)CC2)n1)C(F)(F)F.S. The molecule has 2 rings (SSSR count). The highest BCUT2D eigenvalue weighted by molar-refractivity contribution is 7.59. The van der Waals surface area contributed by atoms with Crippen LogP contribution in [0.15, 0.2) is 5.83 Å². The van der Waals surface area contributed by atoms with Crippen LogP contribution in [0.4, 0.5) is 38.2 Å². The number of aromatic nitrogens is 3. The Labute approximate surface area is 175 Å². The standard InChI is InChI=1S/C16H21F6N5O2.H2S/c1-7(16(20,21)22)23-12-24-11(25-13(26-12)27-29-14(2,3)4)8-5-6-15(18,19)10(28)9(8)17;/h7,10,28H,5-6H2,1-4H3,(H2,23,24,25,26,27);1H2. The Balaban J connectivity index is 0.00000450. The van der Waals surface area contributed by atoms with Gasteiger partial charge in [-0.25, -0.2) is 18.7 Å². The molecular weight excluding hydrogens is 440 g/mol. The van der Waals surface area contributed by atoms with Gasteiger partial charge in [0, 0.05) is 12.0 Å². The average Bonchev–Trinajstić information content (AvgIpc) is 2.56. The van der Waals surface area contributed by atoms with Gasteiger partial charge in [0.2, 0.25) is 5.95 Å². The number of aliphatic hydroxyl groups excluding tert-OH is 1. The third-order valence-electron chi connectivity index (χ3n) is 3.83. The van der Waals surface area contributed by atoms with E-state index in [4.69, 9.17) is 4.84 Å². The van der Waals surface area contributed by atoms with Gasteiger partial charge in [-0.3, -0.25) is 4.84 Å². The second kappa shape index (κ2) is 9.14. The first-order chi connectivity index (χ1) is 13.1. The molecule has 0 aromatic carbocycles. The number of allylic oxidation sites excluding steroid dienone is 1. The average molecular weight is 463 g/mol. The van der Waals surface area contributed by atoms with Crippen LogP contribution in [-0.2, 0) is 4.84 Å². The maximum Gasteiger partial charge on any atom is 0.408 e. The molecule has 0 radical (unpaired) electrons. The van der Waals surface area contributed by atoms with Crippen molar-refractivity contribution in [3.63, 3.8) is 0 Å². The third kappa shape index (κ3) is 6.60. The minimum absolute atomic E-state index is 0. The molecule has 1 aromatic rings. The number of anilines is 2. The topological polar surface area (TPSA) is 92.2 Å². The number of hydrogen-bond donors (Lipinski definition) is 3. The van der Waals surface area contributed by atoms with Crippen molar-refractivity contribution in [3.8, 4) is 0 Å². The molecule has 3 N–H and O–H groups in total. The Kier molecular flexibility index (Phi) is 7.99. The highest BCUT2D eigenvalue weighted by atomic mass is 32.1. The highest BCUT2D eigenvalue weighted by Crippen LogP contribution is 2.41. The van der Waals surface area contributed by atoms with Crippen molar-refractivity contribution in [1.29, 1.82) is 0 Å². The molecule has 2 atom stereocenters. The van der Waals surface area contributed by atoms with Gasteiger partial charge in [-0.05, 0) is 34.1 Å². The van der Waals surface area contributed by atoms with E-state index in [2.05, 4.69) is 20.4 Å². The lowest BCUT2D eigenvalue weighted by atomic mass is 9.92. The number of rotatable bonds is 5. The summed E-state index contributed by atoms with van der Waals surface area (Å²) in [4.78, 5) is 16.5. The van der Waals surface area contributed by atoms with Crippen LogP contribution in [0.5, 0.6) is 0 Å². The first-order valence-electron chi connectivity index (χ1n) is 8.58. The molecule has 0 spiro atoms. The summed E-state index contributed by atoms with van der Waals surface area (Å²) >= 11 is 0. The lowest BCUT2D eigenvalue weighted by Gasteiger charge is -2.28. The van der Waals surface area contributed by atoms with Gasteiger partial charge in [-0.1, -0.05) is 0 Å². The van der Waals surface area contributed by atoms with E-state index in [1.54, 1.807) is 20.8 Å². The van der Waals surface area contributed by atoms with Gasteiger partial charge in [0.25, 0.3) is 11.9 Å². The fraction of sp³-hybridized carbons (Fsp3) is 0.688. The second-order valence-corrected chi connectivity index (χ2v) is 7.52. The van der Waals surface area contributed by atoms with Gasteiger partial charge < -0.3 is 10.4 Å². The van der Waals surface area contributed by atoms with Crippen molar-refractivity contribution in [2.45, 2.75) is 70.4 Å². The number of nitrogens with zero attached hydrogens (tertiary/aromatic N) is 3. The molecule has 14 heteroatoms. The monoisotopic (exact) mass is 463 g/mol. The first-order valence-corrected chi connectivity index (χ1v) is 8.58. The van der Waals surface area contributed by atoms with Gasteiger partial charge in [0.05, 0.1) is 5.60 Å². The molecule has 2 unspecified atom stereocenters. The summed E-state index contributed by atoms with van der Waals surface area (Å²) in [5.74, 6) is -6.67. The smallest absolute Gasteiger partial charge is 0.380 e. The molecule has 0 aliphatic heterocycles. The van der Waals surface area contributed by atoms with Crippen LogP contribution in [0.25, 0.3) is 5.57 Å². The predicted octanol–water partition coefficient (Wildman–Crippen LogP) is 3.96. The summed E-state index contributed by atoms with van der Waals surface area (Å²) in [6.45, 7) is 5.80. The van der Waals surface area contributed by atoms with Crippen LogP contribution < -0.4 is 10.8 Å². The zero-order valence-corrected chi connectivity index (χ0v) is 17.5. The van der Waals surface area contributed by atoms with E-state index in [1.807, 2.05) is 5.32 Å². The molecule has 0 amide bonds. The van der Waals surface area contributed by atoms with Crippen LogP contribution in [0.1, 0.15) is 46.4 Å². The molecule has 0 saturated carbocycles. The van der Waals surface area contributed by atoms with E-state index in [1.165, 1.54) is 0 Å². The maximum atomic E-state index is 14.3. The van der Waals surface area contributed by atoms with E-state index in [-0.39, 0.29) is 19.4 Å². The van der Waals surface area contributed by atoms with Gasteiger partial charge in [-0.2, -0.15) is 41.6 Å². The zero-order chi connectivity index (χ0) is 22.2. The van der Waals surface area contributed by atoms with Crippen LogP contribution in [0, 0.1) is 0 Å². The number of nitrogens with one attached hydrogen (secondary N) is 2. The Hall–Kier alpha value is -1.80. The fourth-order valence-electron chi connectivity index (χ4n) is 2.21. The molecule has 30 heavy (non-hydrogen) atoms. The number of halogens is 6. The van der Waals surface area contributed by atoms with E-state index >= 15 is 0 Å². The number of alkyl halides is 5. The molecule has 0 saturated heterocycles.